The molecule has 98 valence electrons. The molecule has 0 aromatic carbocycles. The molecular formula is C12H18N4OS. The normalized spacial score (nSPS) is 11.8. The summed E-state index contributed by atoms with van der Waals surface area (Å²) in [6.07, 6.45) is 0. The molecule has 0 amide bonds. The van der Waals surface area contributed by atoms with E-state index in [1.807, 2.05) is 11.4 Å². The minimum atomic E-state index is 0.134. The van der Waals surface area contributed by atoms with E-state index in [2.05, 4.69) is 28.7 Å². The fourth-order valence-electron chi connectivity index (χ4n) is 1.82. The van der Waals surface area contributed by atoms with Gasteiger partial charge in [0.1, 0.15) is 16.5 Å². The van der Waals surface area contributed by atoms with Crippen LogP contribution >= 0.6 is 11.3 Å². The summed E-state index contributed by atoms with van der Waals surface area (Å²) in [6, 6.07) is 2.27. The average molecular weight is 266 g/mol. The Labute approximate surface area is 110 Å². The predicted molar refractivity (Wildman–Crippen MR) is 74.5 cm³/mol. The third-order valence-corrected chi connectivity index (χ3v) is 3.67. The molecular weight excluding hydrogens is 248 g/mol. The molecule has 0 bridgehead atoms. The number of rotatable bonds is 5. The second-order valence-electron chi connectivity index (χ2n) is 4.45. The van der Waals surface area contributed by atoms with Gasteiger partial charge in [0.05, 0.1) is 18.5 Å². The number of nitrogen functional groups attached to an aromatic ring is 1. The van der Waals surface area contributed by atoms with Crippen LogP contribution in [-0.4, -0.2) is 39.2 Å². The van der Waals surface area contributed by atoms with Gasteiger partial charge in [0.25, 0.3) is 0 Å². The highest BCUT2D eigenvalue weighted by atomic mass is 32.1. The summed E-state index contributed by atoms with van der Waals surface area (Å²) < 4.78 is 0. The molecule has 0 aliphatic rings. The van der Waals surface area contributed by atoms with Gasteiger partial charge in [0, 0.05) is 12.6 Å². The van der Waals surface area contributed by atoms with Gasteiger partial charge in [-0.15, -0.1) is 11.3 Å². The summed E-state index contributed by atoms with van der Waals surface area (Å²) >= 11 is 1.57. The monoisotopic (exact) mass is 266 g/mol. The van der Waals surface area contributed by atoms with E-state index in [4.69, 9.17) is 10.8 Å². The smallest absolute Gasteiger partial charge is 0.146 e. The van der Waals surface area contributed by atoms with Crippen molar-refractivity contribution in [1.29, 1.82) is 0 Å². The molecule has 18 heavy (non-hydrogen) atoms. The van der Waals surface area contributed by atoms with E-state index in [0.29, 0.717) is 30.8 Å². The highest BCUT2D eigenvalue weighted by Crippen LogP contribution is 2.23. The fourth-order valence-corrected chi connectivity index (χ4v) is 2.62. The number of nitrogens with two attached hydrogens (primary N) is 1. The van der Waals surface area contributed by atoms with Crippen molar-refractivity contribution in [3.63, 3.8) is 0 Å². The van der Waals surface area contributed by atoms with Crippen molar-refractivity contribution in [3.8, 4) is 0 Å². The highest BCUT2D eigenvalue weighted by Gasteiger charge is 2.13. The third-order valence-electron chi connectivity index (χ3n) is 2.86. The number of anilines is 1. The number of aromatic nitrogens is 2. The van der Waals surface area contributed by atoms with E-state index < -0.39 is 0 Å². The lowest BCUT2D eigenvalue weighted by atomic mass is 10.3. The summed E-state index contributed by atoms with van der Waals surface area (Å²) in [5, 5.41) is 11.9. The predicted octanol–water partition coefficient (Wildman–Crippen LogP) is 1.48. The molecule has 2 aromatic heterocycles. The van der Waals surface area contributed by atoms with Crippen LogP contribution in [-0.2, 0) is 6.54 Å². The van der Waals surface area contributed by atoms with Crippen LogP contribution in [0.2, 0.25) is 0 Å². The van der Waals surface area contributed by atoms with Crippen LogP contribution in [0.1, 0.15) is 19.7 Å². The van der Waals surface area contributed by atoms with Crippen LogP contribution < -0.4 is 5.73 Å². The lowest BCUT2D eigenvalue weighted by Crippen LogP contribution is -2.33. The molecule has 3 N–H and O–H groups in total. The molecule has 0 atom stereocenters. The largest absolute Gasteiger partial charge is 0.395 e. The zero-order valence-electron chi connectivity index (χ0n) is 10.6. The first kappa shape index (κ1) is 13.2. The molecule has 0 aliphatic carbocycles. The maximum Gasteiger partial charge on any atom is 0.146 e. The first-order chi connectivity index (χ1) is 8.61. The van der Waals surface area contributed by atoms with E-state index in [9.17, 15) is 0 Å². The summed E-state index contributed by atoms with van der Waals surface area (Å²) in [4.78, 5) is 11.9. The van der Waals surface area contributed by atoms with Gasteiger partial charge in [-0.05, 0) is 25.3 Å². The van der Waals surface area contributed by atoms with Crippen LogP contribution in [0, 0.1) is 0 Å². The summed E-state index contributed by atoms with van der Waals surface area (Å²) in [7, 11) is 0. The van der Waals surface area contributed by atoms with Crippen molar-refractivity contribution in [1.82, 2.24) is 14.9 Å². The average Bonchev–Trinajstić information content (AvgIpc) is 2.77. The minimum Gasteiger partial charge on any atom is -0.395 e. The first-order valence-electron chi connectivity index (χ1n) is 5.96. The number of aliphatic hydroxyl groups is 1. The van der Waals surface area contributed by atoms with Crippen LogP contribution in [0.5, 0.6) is 0 Å². The van der Waals surface area contributed by atoms with E-state index in [0.717, 1.165) is 10.2 Å². The topological polar surface area (TPSA) is 75.3 Å². The minimum absolute atomic E-state index is 0.134. The van der Waals surface area contributed by atoms with Crippen LogP contribution in [0.4, 0.5) is 5.82 Å². The van der Waals surface area contributed by atoms with E-state index in [1.54, 1.807) is 11.3 Å². The Bertz CT molecular complexity index is 526. The van der Waals surface area contributed by atoms with Gasteiger partial charge < -0.3 is 10.8 Å². The van der Waals surface area contributed by atoms with Crippen molar-refractivity contribution in [2.24, 2.45) is 0 Å². The number of aliphatic hydroxyl groups excluding tert-OH is 1. The molecule has 0 spiro atoms. The second-order valence-corrected chi connectivity index (χ2v) is 5.35. The van der Waals surface area contributed by atoms with Gasteiger partial charge in [-0.3, -0.25) is 4.90 Å². The van der Waals surface area contributed by atoms with Gasteiger partial charge in [-0.25, -0.2) is 9.97 Å². The number of nitrogens with zero attached hydrogens (tertiary/aromatic N) is 3. The quantitative estimate of drug-likeness (QED) is 0.857. The molecule has 0 radical (unpaired) electrons. The van der Waals surface area contributed by atoms with Crippen molar-refractivity contribution < 1.29 is 5.11 Å². The molecule has 0 unspecified atom stereocenters. The van der Waals surface area contributed by atoms with Crippen molar-refractivity contribution in [2.45, 2.75) is 26.4 Å². The Morgan fingerprint density at radius 1 is 1.44 bits per heavy atom. The van der Waals surface area contributed by atoms with Crippen LogP contribution in [0.15, 0.2) is 11.4 Å². The molecule has 0 saturated heterocycles. The van der Waals surface area contributed by atoms with Gasteiger partial charge >= 0.3 is 0 Å². The maximum atomic E-state index is 9.05. The number of thiophene rings is 1. The summed E-state index contributed by atoms with van der Waals surface area (Å²) in [5.41, 5.74) is 5.91. The lowest BCUT2D eigenvalue weighted by Gasteiger charge is -2.24. The van der Waals surface area contributed by atoms with Gasteiger partial charge in [0.2, 0.25) is 0 Å². The van der Waals surface area contributed by atoms with Gasteiger partial charge in [0.15, 0.2) is 0 Å². The van der Waals surface area contributed by atoms with Crippen LogP contribution in [0.25, 0.3) is 10.2 Å². The van der Waals surface area contributed by atoms with Crippen molar-refractivity contribution >= 4 is 27.4 Å². The molecule has 0 fully saturated rings. The Balaban J connectivity index is 2.24. The molecule has 2 heterocycles. The molecule has 5 nitrogen and oxygen atoms in total. The first-order valence-corrected chi connectivity index (χ1v) is 6.84. The second kappa shape index (κ2) is 5.60. The standard InChI is InChI=1S/C12H18N4OS/c1-8(2)16(4-5-17)7-10-14-11(13)9-3-6-18-12(9)15-10/h3,6,8,17H,4-5,7H2,1-2H3,(H2,13,14,15). The van der Waals surface area contributed by atoms with Crippen molar-refractivity contribution in [3.05, 3.63) is 17.3 Å². The summed E-state index contributed by atoms with van der Waals surface area (Å²) in [5.74, 6) is 1.24. The lowest BCUT2D eigenvalue weighted by molar-refractivity contribution is 0.156. The zero-order chi connectivity index (χ0) is 13.1. The summed E-state index contributed by atoms with van der Waals surface area (Å²) in [6.45, 7) is 5.53. The van der Waals surface area contributed by atoms with Gasteiger partial charge in [-0.2, -0.15) is 0 Å². The molecule has 0 saturated carbocycles. The number of hydrogen-bond donors (Lipinski definition) is 2. The highest BCUT2D eigenvalue weighted by molar-refractivity contribution is 7.16. The Kier molecular flexibility index (Phi) is 4.11. The van der Waals surface area contributed by atoms with Crippen LogP contribution in [0.3, 0.4) is 0 Å². The third kappa shape index (κ3) is 2.77. The Morgan fingerprint density at radius 2 is 2.22 bits per heavy atom. The molecule has 0 aliphatic heterocycles. The SMILES string of the molecule is CC(C)N(CCO)Cc1nc(N)c2ccsc2n1. The Hall–Kier alpha value is -1.24. The zero-order valence-corrected chi connectivity index (χ0v) is 11.4. The Morgan fingerprint density at radius 3 is 2.89 bits per heavy atom. The molecule has 6 heteroatoms. The van der Waals surface area contributed by atoms with E-state index in [1.165, 1.54) is 0 Å². The van der Waals surface area contributed by atoms with Crippen molar-refractivity contribution in [2.75, 3.05) is 18.9 Å². The van der Waals surface area contributed by atoms with E-state index in [-0.39, 0.29) is 6.61 Å². The number of fused-ring (bicyclic) bond motifs is 1. The maximum absolute atomic E-state index is 9.05. The number of hydrogen-bond acceptors (Lipinski definition) is 6. The van der Waals surface area contributed by atoms with E-state index >= 15 is 0 Å². The fraction of sp³-hybridized carbons (Fsp3) is 0.500. The molecule has 2 aromatic rings. The van der Waals surface area contributed by atoms with Gasteiger partial charge in [-0.1, -0.05) is 0 Å². The molecule has 2 rings (SSSR count).